The Labute approximate surface area is 337 Å². The molecule has 0 bridgehead atoms. The molecule has 3 heterocycles. The van der Waals surface area contributed by atoms with Gasteiger partial charge in [-0.15, -0.1) is 0 Å². The van der Waals surface area contributed by atoms with Crippen molar-refractivity contribution in [3.8, 4) is 17.5 Å². The maximum absolute atomic E-state index is 14.8. The van der Waals surface area contributed by atoms with Crippen LogP contribution in [0.4, 0.5) is 13.6 Å². The van der Waals surface area contributed by atoms with Gasteiger partial charge in [0.05, 0.1) is 20.8 Å². The number of fused-ring (bicyclic) bond motifs is 3. The highest BCUT2D eigenvalue weighted by Crippen LogP contribution is 2.50. The largest absolute Gasteiger partial charge is 0.497 e. The Bertz CT molecular complexity index is 2070. The van der Waals surface area contributed by atoms with Crippen LogP contribution < -0.4 is 29.6 Å². The number of pyridine rings is 1. The molecule has 4 aliphatic rings. The van der Waals surface area contributed by atoms with Crippen molar-refractivity contribution >= 4 is 44.6 Å². The molecule has 1 aromatic carbocycles. The van der Waals surface area contributed by atoms with Crippen LogP contribution in [0.3, 0.4) is 0 Å². The van der Waals surface area contributed by atoms with E-state index in [1.165, 1.54) is 19.1 Å². The molecule has 2 aromatic rings. The van der Waals surface area contributed by atoms with E-state index in [4.69, 9.17) is 18.9 Å². The van der Waals surface area contributed by atoms with E-state index < -0.39 is 86.2 Å². The van der Waals surface area contributed by atoms with Crippen molar-refractivity contribution in [1.29, 1.82) is 0 Å². The third kappa shape index (κ3) is 8.81. The average molecular weight is 834 g/mol. The van der Waals surface area contributed by atoms with Gasteiger partial charge in [0.1, 0.15) is 35.1 Å². The lowest BCUT2D eigenvalue weighted by Gasteiger charge is -2.33. The van der Waals surface area contributed by atoms with Crippen LogP contribution in [0.2, 0.25) is 0 Å². The van der Waals surface area contributed by atoms with Gasteiger partial charge in [-0.25, -0.2) is 22.0 Å². The first-order valence-corrected chi connectivity index (χ1v) is 21.0. The first kappa shape index (κ1) is 42.9. The normalized spacial score (nSPS) is 28.6. The number of ether oxygens (including phenoxy) is 4. The number of hydrogen-bond acceptors (Lipinski definition) is 11. The molecule has 4 amide bonds. The summed E-state index contributed by atoms with van der Waals surface area (Å²) in [6, 6.07) is 4.53. The zero-order valence-electron chi connectivity index (χ0n) is 33.8. The zero-order valence-corrected chi connectivity index (χ0v) is 34.6. The van der Waals surface area contributed by atoms with Crippen LogP contribution in [0, 0.1) is 17.8 Å². The molecule has 3 fully saturated rings. The Kier molecular flexibility index (Phi) is 11.9. The van der Waals surface area contributed by atoms with Crippen molar-refractivity contribution in [3.63, 3.8) is 0 Å². The molecular weight excluding hydrogens is 781 g/mol. The average Bonchev–Trinajstić information content (AvgIpc) is 4.06. The summed E-state index contributed by atoms with van der Waals surface area (Å²) in [6.45, 7) is 8.79. The number of hydrogen-bond donors (Lipinski definition) is 3. The molecule has 58 heavy (non-hydrogen) atoms. The minimum absolute atomic E-state index is 0.00252. The molecule has 0 radical (unpaired) electrons. The number of nitrogens with zero attached hydrogens (tertiary/aromatic N) is 2. The lowest BCUT2D eigenvalue weighted by Crippen LogP contribution is -2.59. The Morgan fingerprint density at radius 2 is 1.79 bits per heavy atom. The van der Waals surface area contributed by atoms with Gasteiger partial charge in [-0.2, -0.15) is 4.98 Å². The van der Waals surface area contributed by atoms with Gasteiger partial charge in [-0.1, -0.05) is 26.0 Å². The fraction of sp³-hybridized carbons (Fsp3) is 0.625. The first-order chi connectivity index (χ1) is 27.2. The number of carbonyl (C=O) groups excluding carboxylic acids is 4. The predicted molar refractivity (Wildman–Crippen MR) is 208 cm³/mol. The maximum atomic E-state index is 14.8. The second-order valence-corrected chi connectivity index (χ2v) is 19.1. The van der Waals surface area contributed by atoms with Crippen LogP contribution in [0.1, 0.15) is 79.6 Å². The van der Waals surface area contributed by atoms with Crippen LogP contribution in [-0.2, 0) is 29.1 Å². The highest BCUT2D eigenvalue weighted by atomic mass is 32.2. The minimum Gasteiger partial charge on any atom is -0.497 e. The number of nitrogens with one attached hydrogen (secondary N) is 3. The van der Waals surface area contributed by atoms with Crippen molar-refractivity contribution < 1.29 is 55.3 Å². The fourth-order valence-corrected chi connectivity index (χ4v) is 9.46. The number of rotatable bonds is 9. The van der Waals surface area contributed by atoms with Gasteiger partial charge in [-0.3, -0.25) is 19.1 Å². The third-order valence-electron chi connectivity index (χ3n) is 11.5. The monoisotopic (exact) mass is 833 g/mol. The summed E-state index contributed by atoms with van der Waals surface area (Å²) in [7, 11) is -1.84. The van der Waals surface area contributed by atoms with Crippen molar-refractivity contribution in [1.82, 2.24) is 25.2 Å². The topological polar surface area (TPSA) is 192 Å². The lowest BCUT2D eigenvalue weighted by atomic mass is 9.88. The van der Waals surface area contributed by atoms with Crippen LogP contribution in [-0.4, -0.2) is 103 Å². The molecule has 6 rings (SSSR count). The Morgan fingerprint density at radius 1 is 1.07 bits per heavy atom. The van der Waals surface area contributed by atoms with Gasteiger partial charge in [0.2, 0.25) is 33.6 Å². The van der Waals surface area contributed by atoms with Crippen molar-refractivity contribution in [3.05, 3.63) is 36.4 Å². The summed E-state index contributed by atoms with van der Waals surface area (Å²) in [5.41, 5.74) is -2.68. The summed E-state index contributed by atoms with van der Waals surface area (Å²) in [4.78, 5) is 62.3. The van der Waals surface area contributed by atoms with E-state index in [0.717, 1.165) is 0 Å². The number of halogens is 2. The quantitative estimate of drug-likeness (QED) is 0.299. The summed E-state index contributed by atoms with van der Waals surface area (Å²) in [5.74, 6) is -2.57. The van der Waals surface area contributed by atoms with Gasteiger partial charge >= 0.3 is 6.09 Å². The number of alkyl halides is 2. The molecule has 2 aliphatic heterocycles. The molecule has 318 valence electrons. The second kappa shape index (κ2) is 16.1. The third-order valence-corrected chi connectivity index (χ3v) is 13.6. The fourth-order valence-electron chi connectivity index (χ4n) is 7.95. The van der Waals surface area contributed by atoms with E-state index in [1.54, 1.807) is 51.1 Å². The van der Waals surface area contributed by atoms with Crippen molar-refractivity contribution in [2.45, 2.75) is 120 Å². The van der Waals surface area contributed by atoms with Gasteiger partial charge < -0.3 is 34.5 Å². The van der Waals surface area contributed by atoms with E-state index in [2.05, 4.69) is 15.6 Å². The number of aromatic nitrogens is 1. The smallest absolute Gasteiger partial charge is 0.408 e. The number of carbonyl (C=O) groups is 4. The lowest BCUT2D eigenvalue weighted by molar-refractivity contribution is -0.142. The Hall–Kier alpha value is -4.74. The zero-order chi connectivity index (χ0) is 42.4. The van der Waals surface area contributed by atoms with Crippen LogP contribution in [0.5, 0.6) is 17.5 Å². The molecule has 1 saturated heterocycles. The molecule has 15 nitrogen and oxygen atoms in total. The molecule has 3 N–H and O–H groups in total. The summed E-state index contributed by atoms with van der Waals surface area (Å²) in [5, 5.41) is 6.77. The molecule has 2 saturated carbocycles. The number of sulfonamides is 1. The van der Waals surface area contributed by atoms with Crippen LogP contribution >= 0.6 is 0 Å². The molecule has 7 unspecified atom stereocenters. The summed E-state index contributed by atoms with van der Waals surface area (Å²) in [6.07, 6.45) is -0.266. The van der Waals surface area contributed by atoms with Crippen LogP contribution in [0.15, 0.2) is 36.4 Å². The maximum Gasteiger partial charge on any atom is 0.408 e. The van der Waals surface area contributed by atoms with Gasteiger partial charge in [0, 0.05) is 23.8 Å². The van der Waals surface area contributed by atoms with Crippen LogP contribution in [0.25, 0.3) is 10.8 Å². The standard InChI is InChI=1S/C40H53F2N5O10S/c1-22-10-8-9-11-25-20-40(25,36(50)46-58(52,53)39(14-15-39)35(41)42)45-32(48)29-19-27(56-33-28-13-12-26(54-6)17-24(28)18-30(43-33)55-7)21-47(29)34(49)31(23(2)16-22)44-37(51)57-38(3,4)5/h9,11-13,17-18,22-23,25,27,29,31,35H,8,10,14-16,19-21H2,1-7H3,(H,44,51)(H,45,48)(H,46,50). The molecular formula is C40H53F2N5O10S. The number of benzene rings is 1. The number of amides is 4. The van der Waals surface area contributed by atoms with E-state index in [1.807, 2.05) is 24.6 Å². The Morgan fingerprint density at radius 3 is 2.43 bits per heavy atom. The first-order valence-electron chi connectivity index (χ1n) is 19.6. The summed E-state index contributed by atoms with van der Waals surface area (Å²) >= 11 is 0. The minimum atomic E-state index is -4.82. The van der Waals surface area contributed by atoms with Gasteiger partial charge in [0.25, 0.3) is 12.3 Å². The van der Waals surface area contributed by atoms with E-state index in [-0.39, 0.29) is 49.9 Å². The molecule has 7 atom stereocenters. The molecule has 1 aromatic heterocycles. The number of alkyl carbamates (subject to hydrolysis) is 1. The Balaban J connectivity index is 1.37. The molecule has 18 heteroatoms. The molecule has 0 spiro atoms. The van der Waals surface area contributed by atoms with Gasteiger partial charge in [0.15, 0.2) is 4.75 Å². The van der Waals surface area contributed by atoms with Crippen molar-refractivity contribution in [2.24, 2.45) is 17.8 Å². The number of allylic oxidation sites excluding steroid dienone is 1. The second-order valence-electron chi connectivity index (χ2n) is 17.1. The summed E-state index contributed by atoms with van der Waals surface area (Å²) < 4.78 is 76.5. The van der Waals surface area contributed by atoms with E-state index in [0.29, 0.717) is 35.8 Å². The number of methoxy groups -OCH3 is 2. The van der Waals surface area contributed by atoms with E-state index >= 15 is 0 Å². The highest BCUT2D eigenvalue weighted by Gasteiger charge is 2.66. The molecule has 2 aliphatic carbocycles. The van der Waals surface area contributed by atoms with E-state index in [9.17, 15) is 36.4 Å². The predicted octanol–water partition coefficient (Wildman–Crippen LogP) is 4.62. The highest BCUT2D eigenvalue weighted by molar-refractivity contribution is 7.91. The SMILES string of the molecule is COc1ccc2c(OC3CC4C(=O)NC5(C(=O)NS(=O)(=O)C6(C(F)F)CC6)CC5C=CCCC(C)CC(C)C(NC(=O)OC(C)(C)C)C(=O)N4C3)nc(OC)cc2c1. The van der Waals surface area contributed by atoms with Gasteiger partial charge in [-0.05, 0) is 94.7 Å². The van der Waals surface area contributed by atoms with Crippen molar-refractivity contribution in [2.75, 3.05) is 20.8 Å².